The molecule has 0 spiro atoms. The third kappa shape index (κ3) is 3.31. The summed E-state index contributed by atoms with van der Waals surface area (Å²) < 4.78 is 1.64. The first kappa shape index (κ1) is 12.1. The molecular weight excluding hydrogens is 256 g/mol. The average Bonchev–Trinajstić information content (AvgIpc) is 2.88. The molecule has 0 aliphatic rings. The van der Waals surface area contributed by atoms with E-state index in [1.54, 1.807) is 17.1 Å². The van der Waals surface area contributed by atoms with E-state index in [0.717, 1.165) is 10.7 Å². The molecule has 1 amide bonds. The number of amides is 1. The lowest BCUT2D eigenvalue weighted by molar-refractivity contribution is 0.0958. The van der Waals surface area contributed by atoms with E-state index in [9.17, 15) is 4.79 Å². The number of hydrogen-bond donors (Lipinski definition) is 2. The van der Waals surface area contributed by atoms with Crippen LogP contribution < -0.4 is 5.32 Å². The standard InChI is InChI=1S/C10H12N4OS2/c1-14-6-12-9(13-14)2-3-11-10(15)8-4-7(16)5-17-8/h4-6,16H,2-3H2,1H3,(H,11,15). The maximum absolute atomic E-state index is 11.7. The first-order chi connectivity index (χ1) is 8.15. The SMILES string of the molecule is Cn1cnc(CCNC(=O)c2cc(S)cs2)n1. The van der Waals surface area contributed by atoms with Gasteiger partial charge in [-0.05, 0) is 6.07 Å². The van der Waals surface area contributed by atoms with E-state index in [2.05, 4.69) is 28.0 Å². The number of thiophene rings is 1. The summed E-state index contributed by atoms with van der Waals surface area (Å²) in [6.45, 7) is 0.530. The predicted octanol–water partition coefficient (Wildman–Crippen LogP) is 1.14. The third-order valence-electron chi connectivity index (χ3n) is 2.09. The first-order valence-corrected chi connectivity index (χ1v) is 6.38. The van der Waals surface area contributed by atoms with E-state index in [0.29, 0.717) is 17.8 Å². The van der Waals surface area contributed by atoms with Gasteiger partial charge in [0.05, 0.1) is 4.88 Å². The Morgan fingerprint density at radius 3 is 3.06 bits per heavy atom. The minimum absolute atomic E-state index is 0.0776. The lowest BCUT2D eigenvalue weighted by Gasteiger charge is -2.00. The normalized spacial score (nSPS) is 10.5. The van der Waals surface area contributed by atoms with Crippen LogP contribution in [0.15, 0.2) is 22.7 Å². The van der Waals surface area contributed by atoms with Crippen molar-refractivity contribution in [2.75, 3.05) is 6.54 Å². The number of aromatic nitrogens is 3. The van der Waals surface area contributed by atoms with Gasteiger partial charge in [0.2, 0.25) is 0 Å². The van der Waals surface area contributed by atoms with Crippen molar-refractivity contribution in [3.8, 4) is 0 Å². The summed E-state index contributed by atoms with van der Waals surface area (Å²) in [6.07, 6.45) is 2.27. The second-order valence-electron chi connectivity index (χ2n) is 3.51. The maximum atomic E-state index is 11.7. The van der Waals surface area contributed by atoms with Gasteiger partial charge in [-0.2, -0.15) is 5.10 Å². The van der Waals surface area contributed by atoms with Crippen LogP contribution in [-0.4, -0.2) is 27.2 Å². The minimum atomic E-state index is -0.0776. The molecular formula is C10H12N4OS2. The lowest BCUT2D eigenvalue weighted by Crippen LogP contribution is -2.25. The molecule has 0 fully saturated rings. The fraction of sp³-hybridized carbons (Fsp3) is 0.300. The minimum Gasteiger partial charge on any atom is -0.351 e. The maximum Gasteiger partial charge on any atom is 0.261 e. The zero-order valence-corrected chi connectivity index (χ0v) is 11.0. The highest BCUT2D eigenvalue weighted by molar-refractivity contribution is 7.80. The van der Waals surface area contributed by atoms with E-state index in [1.165, 1.54) is 11.3 Å². The predicted molar refractivity (Wildman–Crippen MR) is 68.6 cm³/mol. The molecule has 17 heavy (non-hydrogen) atoms. The lowest BCUT2D eigenvalue weighted by atomic mass is 10.4. The van der Waals surface area contributed by atoms with E-state index in [1.807, 2.05) is 12.4 Å². The van der Waals surface area contributed by atoms with Gasteiger partial charge in [0.1, 0.15) is 6.33 Å². The number of hydrogen-bond acceptors (Lipinski definition) is 5. The molecule has 0 atom stereocenters. The summed E-state index contributed by atoms with van der Waals surface area (Å²) in [5, 5.41) is 8.78. The molecule has 2 aromatic heterocycles. The monoisotopic (exact) mass is 268 g/mol. The number of rotatable bonds is 4. The van der Waals surface area contributed by atoms with Gasteiger partial charge in [0.15, 0.2) is 5.82 Å². The number of aryl methyl sites for hydroxylation is 1. The smallest absolute Gasteiger partial charge is 0.261 e. The summed E-state index contributed by atoms with van der Waals surface area (Å²) in [5.74, 6) is 0.653. The Kier molecular flexibility index (Phi) is 3.80. The second-order valence-corrected chi connectivity index (χ2v) is 4.94. The molecule has 2 rings (SSSR count). The van der Waals surface area contributed by atoms with Crippen LogP contribution in [0.1, 0.15) is 15.5 Å². The van der Waals surface area contributed by atoms with Crippen LogP contribution >= 0.6 is 24.0 Å². The molecule has 0 bridgehead atoms. The Balaban J connectivity index is 1.81. The highest BCUT2D eigenvalue weighted by atomic mass is 32.1. The van der Waals surface area contributed by atoms with E-state index < -0.39 is 0 Å². The molecule has 0 aliphatic carbocycles. The molecule has 0 saturated heterocycles. The van der Waals surface area contributed by atoms with Gasteiger partial charge < -0.3 is 5.32 Å². The number of carbonyl (C=O) groups is 1. The number of nitrogens with one attached hydrogen (secondary N) is 1. The van der Waals surface area contributed by atoms with Crippen molar-refractivity contribution in [3.63, 3.8) is 0 Å². The number of carbonyl (C=O) groups excluding carboxylic acids is 1. The quantitative estimate of drug-likeness (QED) is 0.817. The molecule has 2 aromatic rings. The van der Waals surface area contributed by atoms with Crippen LogP contribution in [0.3, 0.4) is 0 Å². The molecule has 0 aromatic carbocycles. The van der Waals surface area contributed by atoms with Crippen molar-refractivity contribution >= 4 is 29.9 Å². The fourth-order valence-corrected chi connectivity index (χ4v) is 2.38. The summed E-state index contributed by atoms with van der Waals surface area (Å²) in [6, 6.07) is 1.75. The largest absolute Gasteiger partial charge is 0.351 e. The van der Waals surface area contributed by atoms with Crippen molar-refractivity contribution in [2.24, 2.45) is 7.05 Å². The Bertz CT molecular complexity index is 520. The van der Waals surface area contributed by atoms with Crippen LogP contribution in [0.25, 0.3) is 0 Å². The zero-order valence-electron chi connectivity index (χ0n) is 9.25. The van der Waals surface area contributed by atoms with Gasteiger partial charge in [-0.15, -0.1) is 24.0 Å². The van der Waals surface area contributed by atoms with Gasteiger partial charge >= 0.3 is 0 Å². The average molecular weight is 268 g/mol. The van der Waals surface area contributed by atoms with Gasteiger partial charge in [-0.3, -0.25) is 9.48 Å². The molecule has 0 radical (unpaired) electrons. The molecule has 0 aliphatic heterocycles. The van der Waals surface area contributed by atoms with Gasteiger partial charge in [0.25, 0.3) is 5.91 Å². The van der Waals surface area contributed by atoms with Crippen LogP contribution in [-0.2, 0) is 13.5 Å². The molecule has 90 valence electrons. The topological polar surface area (TPSA) is 59.8 Å². The molecule has 2 heterocycles. The van der Waals surface area contributed by atoms with E-state index in [-0.39, 0.29) is 5.91 Å². The van der Waals surface area contributed by atoms with Crippen LogP contribution in [0.5, 0.6) is 0 Å². The number of thiol groups is 1. The Hall–Kier alpha value is -1.34. The van der Waals surface area contributed by atoms with Crippen LogP contribution in [0, 0.1) is 0 Å². The van der Waals surface area contributed by atoms with Crippen molar-refractivity contribution in [1.29, 1.82) is 0 Å². The Labute approximate surface area is 108 Å². The van der Waals surface area contributed by atoms with Crippen molar-refractivity contribution in [3.05, 3.63) is 28.5 Å². The number of nitrogens with zero attached hydrogens (tertiary/aromatic N) is 3. The summed E-state index contributed by atoms with van der Waals surface area (Å²) in [4.78, 5) is 17.2. The molecule has 0 unspecified atom stereocenters. The fourth-order valence-electron chi connectivity index (χ4n) is 1.32. The highest BCUT2D eigenvalue weighted by Gasteiger charge is 2.07. The van der Waals surface area contributed by atoms with Crippen molar-refractivity contribution in [2.45, 2.75) is 11.3 Å². The van der Waals surface area contributed by atoms with E-state index >= 15 is 0 Å². The first-order valence-electron chi connectivity index (χ1n) is 5.05. The third-order valence-corrected chi connectivity index (χ3v) is 3.45. The molecule has 1 N–H and O–H groups in total. The highest BCUT2D eigenvalue weighted by Crippen LogP contribution is 2.17. The summed E-state index contributed by atoms with van der Waals surface area (Å²) in [7, 11) is 1.81. The Morgan fingerprint density at radius 2 is 2.47 bits per heavy atom. The second kappa shape index (κ2) is 5.33. The summed E-state index contributed by atoms with van der Waals surface area (Å²) >= 11 is 5.54. The van der Waals surface area contributed by atoms with E-state index in [4.69, 9.17) is 0 Å². The molecule has 0 saturated carbocycles. The van der Waals surface area contributed by atoms with Crippen LogP contribution in [0.4, 0.5) is 0 Å². The van der Waals surface area contributed by atoms with Gasteiger partial charge in [-0.25, -0.2) is 4.98 Å². The van der Waals surface area contributed by atoms with Gasteiger partial charge in [-0.1, -0.05) is 0 Å². The zero-order chi connectivity index (χ0) is 12.3. The van der Waals surface area contributed by atoms with Gasteiger partial charge in [0, 0.05) is 30.3 Å². The van der Waals surface area contributed by atoms with Crippen molar-refractivity contribution < 1.29 is 4.79 Å². The molecule has 7 heteroatoms. The van der Waals surface area contributed by atoms with Crippen molar-refractivity contribution in [1.82, 2.24) is 20.1 Å². The summed E-state index contributed by atoms with van der Waals surface area (Å²) in [5.41, 5.74) is 0. The van der Waals surface area contributed by atoms with Crippen LogP contribution in [0.2, 0.25) is 0 Å². The Morgan fingerprint density at radius 1 is 1.65 bits per heavy atom. The molecule has 5 nitrogen and oxygen atoms in total.